The number of tetrazole rings is 1. The number of nitrogens with one attached hydrogen (secondary N) is 1. The third kappa shape index (κ3) is 3.15. The topological polar surface area (TPSA) is 72.7 Å². The number of benzene rings is 1. The number of carbonyl (C=O) groups is 1. The number of hydrogen-bond donors (Lipinski definition) is 1. The SMILES string of the molecule is CCC(C)NC(=O)C(c1ccccc1)n1cnnn1. The van der Waals surface area contributed by atoms with Crippen LogP contribution in [-0.4, -0.2) is 32.2 Å². The number of rotatable bonds is 5. The third-order valence-corrected chi connectivity index (χ3v) is 2.99. The normalized spacial score (nSPS) is 13.8. The van der Waals surface area contributed by atoms with E-state index in [2.05, 4.69) is 20.8 Å². The molecule has 6 heteroatoms. The molecule has 1 aromatic carbocycles. The smallest absolute Gasteiger partial charge is 0.249 e. The molecule has 0 radical (unpaired) electrons. The van der Waals surface area contributed by atoms with E-state index in [1.165, 1.54) is 11.0 Å². The summed E-state index contributed by atoms with van der Waals surface area (Å²) >= 11 is 0. The zero-order valence-corrected chi connectivity index (χ0v) is 11.0. The maximum Gasteiger partial charge on any atom is 0.249 e. The van der Waals surface area contributed by atoms with Crippen LogP contribution in [0.1, 0.15) is 31.9 Å². The molecule has 0 saturated carbocycles. The highest BCUT2D eigenvalue weighted by atomic mass is 16.2. The Hall–Kier alpha value is -2.24. The van der Waals surface area contributed by atoms with Crippen LogP contribution < -0.4 is 5.32 Å². The highest BCUT2D eigenvalue weighted by molar-refractivity contribution is 5.83. The van der Waals surface area contributed by atoms with Gasteiger partial charge in [0, 0.05) is 6.04 Å². The number of aromatic nitrogens is 4. The molecule has 2 unspecified atom stereocenters. The summed E-state index contributed by atoms with van der Waals surface area (Å²) in [5, 5.41) is 14.0. The molecule has 0 saturated heterocycles. The zero-order chi connectivity index (χ0) is 13.7. The largest absolute Gasteiger partial charge is 0.351 e. The highest BCUT2D eigenvalue weighted by Crippen LogP contribution is 2.17. The van der Waals surface area contributed by atoms with Crippen LogP contribution in [0.3, 0.4) is 0 Å². The van der Waals surface area contributed by atoms with Crippen LogP contribution in [0.4, 0.5) is 0 Å². The predicted molar refractivity (Wildman–Crippen MR) is 70.3 cm³/mol. The first-order chi connectivity index (χ1) is 9.22. The Kier molecular flexibility index (Phi) is 4.22. The first-order valence-electron chi connectivity index (χ1n) is 6.30. The molecule has 1 heterocycles. The van der Waals surface area contributed by atoms with Gasteiger partial charge in [0.2, 0.25) is 5.91 Å². The van der Waals surface area contributed by atoms with Crippen molar-refractivity contribution in [3.05, 3.63) is 42.2 Å². The first-order valence-corrected chi connectivity index (χ1v) is 6.30. The molecule has 2 atom stereocenters. The van der Waals surface area contributed by atoms with Gasteiger partial charge in [0.15, 0.2) is 6.04 Å². The molecule has 2 aromatic rings. The van der Waals surface area contributed by atoms with Crippen molar-refractivity contribution in [1.29, 1.82) is 0 Å². The Bertz CT molecular complexity index is 511. The quantitative estimate of drug-likeness (QED) is 0.875. The van der Waals surface area contributed by atoms with E-state index in [9.17, 15) is 4.79 Å². The molecule has 2 rings (SSSR count). The second-order valence-electron chi connectivity index (χ2n) is 4.42. The second kappa shape index (κ2) is 6.08. The lowest BCUT2D eigenvalue weighted by atomic mass is 10.1. The van der Waals surface area contributed by atoms with E-state index in [0.717, 1.165) is 12.0 Å². The minimum atomic E-state index is -0.537. The molecule has 0 aliphatic rings. The summed E-state index contributed by atoms with van der Waals surface area (Å²) in [7, 11) is 0. The van der Waals surface area contributed by atoms with Crippen LogP contribution in [0.2, 0.25) is 0 Å². The summed E-state index contributed by atoms with van der Waals surface area (Å²) in [6, 6.07) is 9.06. The van der Waals surface area contributed by atoms with Gasteiger partial charge in [-0.3, -0.25) is 4.79 Å². The molecule has 0 aliphatic carbocycles. The van der Waals surface area contributed by atoms with Crippen molar-refractivity contribution in [3.63, 3.8) is 0 Å². The molecule has 1 amide bonds. The van der Waals surface area contributed by atoms with Gasteiger partial charge in [-0.25, -0.2) is 4.68 Å². The fraction of sp³-hybridized carbons (Fsp3) is 0.385. The Labute approximate surface area is 111 Å². The molecular formula is C13H17N5O. The molecule has 0 fully saturated rings. The Morgan fingerprint density at radius 2 is 2.11 bits per heavy atom. The highest BCUT2D eigenvalue weighted by Gasteiger charge is 2.24. The van der Waals surface area contributed by atoms with Crippen LogP contribution in [0.5, 0.6) is 0 Å². The summed E-state index contributed by atoms with van der Waals surface area (Å²) in [5.41, 5.74) is 0.857. The van der Waals surface area contributed by atoms with Gasteiger partial charge < -0.3 is 5.32 Å². The van der Waals surface area contributed by atoms with E-state index in [1.807, 2.05) is 44.2 Å². The summed E-state index contributed by atoms with van der Waals surface area (Å²) in [4.78, 5) is 12.4. The number of hydrogen-bond acceptors (Lipinski definition) is 4. The van der Waals surface area contributed by atoms with Gasteiger partial charge in [-0.2, -0.15) is 0 Å². The summed E-state index contributed by atoms with van der Waals surface area (Å²) in [6.07, 6.45) is 2.33. The number of nitrogens with zero attached hydrogens (tertiary/aromatic N) is 4. The molecule has 6 nitrogen and oxygen atoms in total. The van der Waals surface area contributed by atoms with E-state index in [1.54, 1.807) is 0 Å². The van der Waals surface area contributed by atoms with Gasteiger partial charge in [0.05, 0.1) is 0 Å². The zero-order valence-electron chi connectivity index (χ0n) is 11.0. The van der Waals surface area contributed by atoms with Crippen molar-refractivity contribution in [2.45, 2.75) is 32.4 Å². The van der Waals surface area contributed by atoms with Crippen LogP contribution in [-0.2, 0) is 4.79 Å². The van der Waals surface area contributed by atoms with E-state index in [4.69, 9.17) is 0 Å². The summed E-state index contributed by atoms with van der Waals surface area (Å²) < 4.78 is 1.47. The summed E-state index contributed by atoms with van der Waals surface area (Å²) in [6.45, 7) is 4.00. The van der Waals surface area contributed by atoms with Crippen molar-refractivity contribution in [3.8, 4) is 0 Å². The van der Waals surface area contributed by atoms with E-state index >= 15 is 0 Å². The minimum Gasteiger partial charge on any atom is -0.351 e. The fourth-order valence-electron chi connectivity index (χ4n) is 1.77. The van der Waals surface area contributed by atoms with Gasteiger partial charge in [0.25, 0.3) is 0 Å². The molecule has 0 aliphatic heterocycles. The minimum absolute atomic E-state index is 0.104. The fourth-order valence-corrected chi connectivity index (χ4v) is 1.77. The lowest BCUT2D eigenvalue weighted by Crippen LogP contribution is -2.38. The molecule has 100 valence electrons. The van der Waals surface area contributed by atoms with Gasteiger partial charge in [-0.1, -0.05) is 37.3 Å². The monoisotopic (exact) mass is 259 g/mol. The van der Waals surface area contributed by atoms with Crippen molar-refractivity contribution >= 4 is 5.91 Å². The van der Waals surface area contributed by atoms with Crippen molar-refractivity contribution in [2.75, 3.05) is 0 Å². The Morgan fingerprint density at radius 1 is 1.37 bits per heavy atom. The van der Waals surface area contributed by atoms with Crippen molar-refractivity contribution in [1.82, 2.24) is 25.5 Å². The van der Waals surface area contributed by atoms with Crippen molar-refractivity contribution in [2.24, 2.45) is 0 Å². The van der Waals surface area contributed by atoms with Gasteiger partial charge in [0.1, 0.15) is 6.33 Å². The Morgan fingerprint density at radius 3 is 2.68 bits per heavy atom. The summed E-state index contributed by atoms with van der Waals surface area (Å²) in [5.74, 6) is -0.104. The molecule has 19 heavy (non-hydrogen) atoms. The lowest BCUT2D eigenvalue weighted by molar-refractivity contribution is -0.124. The molecule has 0 spiro atoms. The maximum atomic E-state index is 12.4. The third-order valence-electron chi connectivity index (χ3n) is 2.99. The van der Waals surface area contributed by atoms with Crippen LogP contribution in [0, 0.1) is 0 Å². The molecular weight excluding hydrogens is 242 g/mol. The molecule has 1 aromatic heterocycles. The van der Waals surface area contributed by atoms with Crippen LogP contribution in [0.15, 0.2) is 36.7 Å². The average molecular weight is 259 g/mol. The van der Waals surface area contributed by atoms with Gasteiger partial charge in [-0.05, 0) is 29.3 Å². The second-order valence-corrected chi connectivity index (χ2v) is 4.42. The maximum absolute atomic E-state index is 12.4. The van der Waals surface area contributed by atoms with E-state index in [-0.39, 0.29) is 11.9 Å². The Balaban J connectivity index is 2.28. The lowest BCUT2D eigenvalue weighted by Gasteiger charge is -2.19. The van der Waals surface area contributed by atoms with Crippen LogP contribution in [0.25, 0.3) is 0 Å². The standard InChI is InChI=1S/C13H17N5O/c1-3-10(2)15-13(19)12(18-9-14-16-17-18)11-7-5-4-6-8-11/h4-10,12H,3H2,1-2H3,(H,15,19). The van der Waals surface area contributed by atoms with Gasteiger partial charge in [-0.15, -0.1) is 5.10 Å². The van der Waals surface area contributed by atoms with E-state index in [0.29, 0.717) is 0 Å². The van der Waals surface area contributed by atoms with Crippen molar-refractivity contribution < 1.29 is 4.79 Å². The predicted octanol–water partition coefficient (Wildman–Crippen LogP) is 1.18. The molecule has 0 bridgehead atoms. The number of amides is 1. The van der Waals surface area contributed by atoms with Crippen LogP contribution >= 0.6 is 0 Å². The van der Waals surface area contributed by atoms with Gasteiger partial charge >= 0.3 is 0 Å². The first kappa shape index (κ1) is 13.2. The number of carbonyl (C=O) groups excluding carboxylic acids is 1. The average Bonchev–Trinajstić information content (AvgIpc) is 2.94. The van der Waals surface area contributed by atoms with E-state index < -0.39 is 6.04 Å². The molecule has 1 N–H and O–H groups in total.